The molecule has 0 unspecified atom stereocenters. The molecule has 1 aromatic carbocycles. The zero-order valence-electron chi connectivity index (χ0n) is 12.2. The van der Waals surface area contributed by atoms with Gasteiger partial charge in [0.25, 0.3) is 0 Å². The molecule has 106 valence electrons. The largest absolute Gasteiger partial charge is 0.280 e. The summed E-state index contributed by atoms with van der Waals surface area (Å²) < 4.78 is 1.21. The summed E-state index contributed by atoms with van der Waals surface area (Å²) in [7, 11) is 0. The van der Waals surface area contributed by atoms with Gasteiger partial charge in [0.1, 0.15) is 5.01 Å². The summed E-state index contributed by atoms with van der Waals surface area (Å²) in [5.41, 5.74) is 3.04. The number of pyridine rings is 1. The molecule has 0 bridgehead atoms. The Morgan fingerprint density at radius 3 is 2.67 bits per heavy atom. The van der Waals surface area contributed by atoms with Crippen molar-refractivity contribution < 1.29 is 0 Å². The van der Waals surface area contributed by atoms with Crippen LogP contribution in [0.15, 0.2) is 53.7 Å². The van der Waals surface area contributed by atoms with Crippen LogP contribution < -0.4 is 0 Å². The monoisotopic (exact) mass is 295 g/mol. The topological polar surface area (TPSA) is 38.1 Å². The van der Waals surface area contributed by atoms with Gasteiger partial charge in [-0.05, 0) is 30.2 Å². The van der Waals surface area contributed by atoms with Crippen molar-refractivity contribution in [1.82, 2.24) is 9.97 Å². The van der Waals surface area contributed by atoms with Gasteiger partial charge in [0.2, 0.25) is 0 Å². The second-order valence-electron chi connectivity index (χ2n) is 5.15. The van der Waals surface area contributed by atoms with Crippen LogP contribution in [0.4, 0.5) is 0 Å². The van der Waals surface area contributed by atoms with Crippen LogP contribution in [-0.2, 0) is 6.54 Å². The Hall–Kier alpha value is -2.07. The number of fused-ring (bicyclic) bond motifs is 1. The minimum absolute atomic E-state index is 0.342. The number of benzene rings is 1. The molecule has 3 aromatic rings. The summed E-state index contributed by atoms with van der Waals surface area (Å²) in [6, 6.07) is 14.1. The van der Waals surface area contributed by atoms with Crippen LogP contribution in [0.5, 0.6) is 0 Å². The Morgan fingerprint density at radius 2 is 1.95 bits per heavy atom. The first-order chi connectivity index (χ1) is 10.2. The Bertz CT molecular complexity index is 727. The average Bonchev–Trinajstić information content (AvgIpc) is 2.91. The van der Waals surface area contributed by atoms with Crippen LogP contribution >= 0.6 is 11.3 Å². The molecular weight excluding hydrogens is 278 g/mol. The molecule has 0 radical (unpaired) electrons. The lowest BCUT2D eigenvalue weighted by atomic mass is 10.0. The van der Waals surface area contributed by atoms with E-state index in [1.807, 2.05) is 42.6 Å². The van der Waals surface area contributed by atoms with Crippen LogP contribution in [0.25, 0.3) is 10.2 Å². The van der Waals surface area contributed by atoms with Crippen molar-refractivity contribution >= 4 is 27.3 Å². The van der Waals surface area contributed by atoms with Crippen molar-refractivity contribution in [3.63, 3.8) is 0 Å². The van der Waals surface area contributed by atoms with Gasteiger partial charge >= 0.3 is 0 Å². The molecule has 4 heteroatoms. The second kappa shape index (κ2) is 6.14. The lowest BCUT2D eigenvalue weighted by molar-refractivity contribution is 0.861. The first kappa shape index (κ1) is 13.9. The van der Waals surface area contributed by atoms with E-state index >= 15 is 0 Å². The van der Waals surface area contributed by atoms with Gasteiger partial charge in [-0.15, -0.1) is 11.3 Å². The number of thiazole rings is 1. The van der Waals surface area contributed by atoms with Crippen LogP contribution in [0.1, 0.15) is 24.5 Å². The third-order valence-electron chi connectivity index (χ3n) is 3.20. The number of nitrogens with zero attached hydrogens (tertiary/aromatic N) is 3. The summed E-state index contributed by atoms with van der Waals surface area (Å²) in [4.78, 5) is 13.8. The molecule has 0 amide bonds. The van der Waals surface area contributed by atoms with E-state index in [4.69, 9.17) is 4.99 Å². The molecule has 0 aliphatic heterocycles. The first-order valence-electron chi connectivity index (χ1n) is 7.04. The number of hydrogen-bond donors (Lipinski definition) is 0. The molecule has 0 atom stereocenters. The van der Waals surface area contributed by atoms with Gasteiger partial charge < -0.3 is 0 Å². The van der Waals surface area contributed by atoms with Crippen LogP contribution in [0.3, 0.4) is 0 Å². The second-order valence-corrected chi connectivity index (χ2v) is 6.26. The quantitative estimate of drug-likeness (QED) is 0.672. The zero-order chi connectivity index (χ0) is 14.7. The highest BCUT2D eigenvalue weighted by atomic mass is 32.1. The molecule has 0 fully saturated rings. The smallest absolute Gasteiger partial charge is 0.115 e. The molecule has 21 heavy (non-hydrogen) atoms. The molecule has 0 saturated heterocycles. The molecule has 3 nitrogen and oxygen atoms in total. The van der Waals surface area contributed by atoms with Crippen molar-refractivity contribution in [3.8, 4) is 0 Å². The molecule has 0 N–H and O–H groups in total. The minimum Gasteiger partial charge on any atom is -0.280 e. The standard InChI is InChI=1S/C17H17N3S/c1-12(2)17(14-8-5-6-10-18-14)19-11-16-20-13-7-3-4-9-15(13)21-16/h3-10,12H,11H2,1-2H3. The first-order valence-corrected chi connectivity index (χ1v) is 7.86. The highest BCUT2D eigenvalue weighted by molar-refractivity contribution is 7.18. The van der Waals surface area contributed by atoms with E-state index in [0.29, 0.717) is 12.5 Å². The van der Waals surface area contributed by atoms with E-state index in [1.54, 1.807) is 11.3 Å². The highest BCUT2D eigenvalue weighted by Crippen LogP contribution is 2.22. The molecule has 2 aromatic heterocycles. The fourth-order valence-corrected chi connectivity index (χ4v) is 3.11. The summed E-state index contributed by atoms with van der Waals surface area (Å²) in [5.74, 6) is 0.342. The predicted molar refractivity (Wildman–Crippen MR) is 88.9 cm³/mol. The highest BCUT2D eigenvalue weighted by Gasteiger charge is 2.10. The number of para-hydroxylation sites is 1. The molecule has 0 spiro atoms. The lowest BCUT2D eigenvalue weighted by Gasteiger charge is -2.09. The normalized spacial score (nSPS) is 12.2. The number of aliphatic imine (C=N–C) groups is 1. The van der Waals surface area contributed by atoms with E-state index in [-0.39, 0.29) is 0 Å². The fraction of sp³-hybridized carbons (Fsp3) is 0.235. The summed E-state index contributed by atoms with van der Waals surface area (Å²) in [6.07, 6.45) is 1.81. The lowest BCUT2D eigenvalue weighted by Crippen LogP contribution is -2.11. The third-order valence-corrected chi connectivity index (χ3v) is 4.22. The minimum atomic E-state index is 0.342. The fourth-order valence-electron chi connectivity index (χ4n) is 2.21. The Labute approximate surface area is 128 Å². The van der Waals surface area contributed by atoms with Crippen molar-refractivity contribution in [2.24, 2.45) is 10.9 Å². The van der Waals surface area contributed by atoms with Gasteiger partial charge in [-0.2, -0.15) is 0 Å². The van der Waals surface area contributed by atoms with E-state index in [1.165, 1.54) is 4.70 Å². The van der Waals surface area contributed by atoms with Crippen molar-refractivity contribution in [3.05, 3.63) is 59.4 Å². The van der Waals surface area contributed by atoms with Crippen LogP contribution in [0, 0.1) is 5.92 Å². The maximum atomic E-state index is 4.76. The Balaban J connectivity index is 1.88. The van der Waals surface area contributed by atoms with Gasteiger partial charge in [-0.1, -0.05) is 32.0 Å². The van der Waals surface area contributed by atoms with Gasteiger partial charge in [0.05, 0.1) is 28.2 Å². The number of aromatic nitrogens is 2. The summed E-state index contributed by atoms with van der Waals surface area (Å²) in [5, 5.41) is 1.05. The van der Waals surface area contributed by atoms with Gasteiger partial charge in [-0.25, -0.2) is 4.98 Å². The van der Waals surface area contributed by atoms with Gasteiger partial charge in [-0.3, -0.25) is 9.98 Å². The van der Waals surface area contributed by atoms with Crippen molar-refractivity contribution in [1.29, 1.82) is 0 Å². The molecule has 2 heterocycles. The van der Waals surface area contributed by atoms with Gasteiger partial charge in [0, 0.05) is 6.20 Å². The van der Waals surface area contributed by atoms with E-state index in [9.17, 15) is 0 Å². The number of rotatable bonds is 4. The maximum Gasteiger partial charge on any atom is 0.115 e. The zero-order valence-corrected chi connectivity index (χ0v) is 13.0. The molecule has 0 saturated carbocycles. The SMILES string of the molecule is CC(C)C(=NCc1nc2ccccc2s1)c1ccccn1. The van der Waals surface area contributed by atoms with Crippen molar-refractivity contribution in [2.75, 3.05) is 0 Å². The van der Waals surface area contributed by atoms with Crippen molar-refractivity contribution in [2.45, 2.75) is 20.4 Å². The van der Waals surface area contributed by atoms with E-state index in [0.717, 1.165) is 21.9 Å². The van der Waals surface area contributed by atoms with Gasteiger partial charge in [0.15, 0.2) is 0 Å². The molecule has 0 aliphatic carbocycles. The predicted octanol–water partition coefficient (Wildman–Crippen LogP) is 4.34. The summed E-state index contributed by atoms with van der Waals surface area (Å²) >= 11 is 1.71. The number of hydrogen-bond acceptors (Lipinski definition) is 4. The molecule has 0 aliphatic rings. The Kier molecular flexibility index (Phi) is 4.06. The maximum absolute atomic E-state index is 4.76. The van der Waals surface area contributed by atoms with Crippen LogP contribution in [0.2, 0.25) is 0 Å². The molecule has 3 rings (SSSR count). The molecular formula is C17H17N3S. The average molecular weight is 295 g/mol. The van der Waals surface area contributed by atoms with E-state index < -0.39 is 0 Å². The third kappa shape index (κ3) is 3.16. The Morgan fingerprint density at radius 1 is 1.14 bits per heavy atom. The summed E-state index contributed by atoms with van der Waals surface area (Å²) in [6.45, 7) is 4.90. The van der Waals surface area contributed by atoms with Crippen LogP contribution in [-0.4, -0.2) is 15.7 Å². The van der Waals surface area contributed by atoms with E-state index in [2.05, 4.69) is 29.9 Å².